The van der Waals surface area contributed by atoms with E-state index in [9.17, 15) is 0 Å². The highest BCUT2D eigenvalue weighted by Gasteiger charge is 2.15. The maximum atomic E-state index is 3.73. The highest BCUT2D eigenvalue weighted by Crippen LogP contribution is 2.17. The van der Waals surface area contributed by atoms with E-state index < -0.39 is 0 Å². The largest absolute Gasteiger partial charge is 0.314 e. The van der Waals surface area contributed by atoms with Gasteiger partial charge in [-0.25, -0.2) is 0 Å². The minimum absolute atomic E-state index is 0.817. The quantitative estimate of drug-likeness (QED) is 0.761. The molecule has 2 rings (SSSR count). The summed E-state index contributed by atoms with van der Waals surface area (Å²) in [5.41, 5.74) is 0. The number of likely N-dealkylation sites (tertiary alicyclic amines) is 1. The van der Waals surface area contributed by atoms with Crippen LogP contribution >= 0.6 is 11.8 Å². The lowest BCUT2D eigenvalue weighted by Crippen LogP contribution is -2.37. The lowest BCUT2D eigenvalue weighted by molar-refractivity contribution is 0.189. The van der Waals surface area contributed by atoms with Gasteiger partial charge in [0.25, 0.3) is 0 Å². The third kappa shape index (κ3) is 5.19. The highest BCUT2D eigenvalue weighted by atomic mass is 32.2. The number of hydrogen-bond donors (Lipinski definition) is 1. The van der Waals surface area contributed by atoms with E-state index in [1.807, 2.05) is 0 Å². The molecule has 2 nitrogen and oxygen atoms in total. The molecule has 0 aliphatic carbocycles. The van der Waals surface area contributed by atoms with Gasteiger partial charge in [-0.3, -0.25) is 0 Å². The van der Waals surface area contributed by atoms with Crippen molar-refractivity contribution >= 4 is 11.8 Å². The SMILES string of the molecule is CC1CCN(CCCNC2CCSCC2)CC1. The molecule has 0 amide bonds. The van der Waals surface area contributed by atoms with Gasteiger partial charge >= 0.3 is 0 Å². The Kier molecular flexibility index (Phi) is 6.16. The first kappa shape index (κ1) is 13.7. The lowest BCUT2D eigenvalue weighted by Gasteiger charge is -2.30. The molecular weight excluding hydrogens is 228 g/mol. The molecule has 2 heterocycles. The molecule has 0 aromatic rings. The van der Waals surface area contributed by atoms with Gasteiger partial charge in [0.15, 0.2) is 0 Å². The normalized spacial score (nSPS) is 25.2. The molecule has 0 spiro atoms. The summed E-state index contributed by atoms with van der Waals surface area (Å²) >= 11 is 2.11. The first-order valence-corrected chi connectivity index (χ1v) is 8.53. The molecule has 0 bridgehead atoms. The topological polar surface area (TPSA) is 15.3 Å². The van der Waals surface area contributed by atoms with Crippen LogP contribution in [0.15, 0.2) is 0 Å². The summed E-state index contributed by atoms with van der Waals surface area (Å²) in [4.78, 5) is 2.65. The molecule has 2 aliphatic heterocycles. The van der Waals surface area contributed by atoms with Gasteiger partial charge in [-0.15, -0.1) is 0 Å². The third-order valence-electron chi connectivity index (χ3n) is 4.18. The molecule has 0 aromatic carbocycles. The van der Waals surface area contributed by atoms with Crippen LogP contribution in [0.3, 0.4) is 0 Å². The van der Waals surface area contributed by atoms with Crippen LogP contribution in [0.4, 0.5) is 0 Å². The minimum atomic E-state index is 0.817. The fourth-order valence-corrected chi connectivity index (χ4v) is 3.90. The van der Waals surface area contributed by atoms with Crippen LogP contribution in [-0.2, 0) is 0 Å². The van der Waals surface area contributed by atoms with Crippen molar-refractivity contribution in [3.8, 4) is 0 Å². The summed E-state index contributed by atoms with van der Waals surface area (Å²) < 4.78 is 0. The Morgan fingerprint density at radius 3 is 2.53 bits per heavy atom. The molecule has 3 heteroatoms. The van der Waals surface area contributed by atoms with E-state index in [1.54, 1.807) is 0 Å². The maximum Gasteiger partial charge on any atom is 0.00827 e. The van der Waals surface area contributed by atoms with Crippen LogP contribution < -0.4 is 5.32 Å². The first-order chi connectivity index (χ1) is 8.34. The molecule has 0 atom stereocenters. The number of nitrogens with zero attached hydrogens (tertiary/aromatic N) is 1. The third-order valence-corrected chi connectivity index (χ3v) is 5.23. The molecule has 17 heavy (non-hydrogen) atoms. The molecule has 0 saturated carbocycles. The van der Waals surface area contributed by atoms with Crippen LogP contribution in [0.2, 0.25) is 0 Å². The van der Waals surface area contributed by atoms with Gasteiger partial charge in [0.1, 0.15) is 0 Å². The number of hydrogen-bond acceptors (Lipinski definition) is 3. The van der Waals surface area contributed by atoms with Gasteiger partial charge in [0.2, 0.25) is 0 Å². The van der Waals surface area contributed by atoms with Crippen LogP contribution in [-0.4, -0.2) is 48.6 Å². The second kappa shape index (κ2) is 7.65. The van der Waals surface area contributed by atoms with E-state index in [1.165, 1.54) is 69.8 Å². The maximum absolute atomic E-state index is 3.73. The van der Waals surface area contributed by atoms with E-state index in [0.29, 0.717) is 0 Å². The highest BCUT2D eigenvalue weighted by molar-refractivity contribution is 7.99. The van der Waals surface area contributed by atoms with Gasteiger partial charge in [-0.05, 0) is 75.7 Å². The number of piperidine rings is 1. The molecule has 100 valence electrons. The zero-order valence-corrected chi connectivity index (χ0v) is 12.1. The molecule has 2 saturated heterocycles. The van der Waals surface area contributed by atoms with Crippen LogP contribution in [0.25, 0.3) is 0 Å². The van der Waals surface area contributed by atoms with E-state index in [4.69, 9.17) is 0 Å². The van der Waals surface area contributed by atoms with Crippen molar-refractivity contribution in [2.24, 2.45) is 5.92 Å². The van der Waals surface area contributed by atoms with Gasteiger partial charge in [0, 0.05) is 6.04 Å². The van der Waals surface area contributed by atoms with Crippen molar-refractivity contribution in [2.45, 2.75) is 45.1 Å². The van der Waals surface area contributed by atoms with E-state index >= 15 is 0 Å². The predicted octanol–water partition coefficient (Wildman–Crippen LogP) is 2.59. The molecule has 0 aromatic heterocycles. The Hall–Kier alpha value is 0.270. The molecule has 2 fully saturated rings. The summed E-state index contributed by atoms with van der Waals surface area (Å²) in [5, 5.41) is 3.73. The fourth-order valence-electron chi connectivity index (χ4n) is 2.80. The molecule has 0 unspecified atom stereocenters. The lowest BCUT2D eigenvalue weighted by atomic mass is 9.99. The Morgan fingerprint density at radius 2 is 1.82 bits per heavy atom. The summed E-state index contributed by atoms with van der Waals surface area (Å²) in [6.07, 6.45) is 6.91. The monoisotopic (exact) mass is 256 g/mol. The van der Waals surface area contributed by atoms with E-state index in [2.05, 4.69) is 28.9 Å². The standard InChI is InChI=1S/C14H28N2S/c1-13-3-9-16(10-4-13)8-2-7-15-14-5-11-17-12-6-14/h13-15H,2-12H2,1H3. The predicted molar refractivity (Wildman–Crippen MR) is 77.8 cm³/mol. The van der Waals surface area contributed by atoms with Crippen molar-refractivity contribution in [1.29, 1.82) is 0 Å². The van der Waals surface area contributed by atoms with Crippen molar-refractivity contribution < 1.29 is 0 Å². The van der Waals surface area contributed by atoms with Crippen molar-refractivity contribution in [3.63, 3.8) is 0 Å². The minimum Gasteiger partial charge on any atom is -0.314 e. The summed E-state index contributed by atoms with van der Waals surface area (Å²) in [6, 6.07) is 0.817. The number of rotatable bonds is 5. The molecule has 2 aliphatic rings. The smallest absolute Gasteiger partial charge is 0.00827 e. The Labute approximate surface area is 111 Å². The zero-order chi connectivity index (χ0) is 11.9. The molecule has 1 N–H and O–H groups in total. The van der Waals surface area contributed by atoms with Gasteiger partial charge < -0.3 is 10.2 Å². The Balaban J connectivity index is 1.48. The molecular formula is C14H28N2S. The van der Waals surface area contributed by atoms with Crippen molar-refractivity contribution in [3.05, 3.63) is 0 Å². The summed E-state index contributed by atoms with van der Waals surface area (Å²) in [7, 11) is 0. The number of nitrogens with one attached hydrogen (secondary N) is 1. The zero-order valence-electron chi connectivity index (χ0n) is 11.3. The Bertz CT molecular complexity index is 196. The second-order valence-electron chi connectivity index (χ2n) is 5.72. The van der Waals surface area contributed by atoms with Crippen molar-refractivity contribution in [1.82, 2.24) is 10.2 Å². The number of thioether (sulfide) groups is 1. The molecule has 0 radical (unpaired) electrons. The van der Waals surface area contributed by atoms with Crippen molar-refractivity contribution in [2.75, 3.05) is 37.7 Å². The Morgan fingerprint density at radius 1 is 1.12 bits per heavy atom. The van der Waals surface area contributed by atoms with Crippen LogP contribution in [0, 0.1) is 5.92 Å². The van der Waals surface area contributed by atoms with Crippen LogP contribution in [0.5, 0.6) is 0 Å². The average Bonchev–Trinajstić information content (AvgIpc) is 2.38. The first-order valence-electron chi connectivity index (χ1n) is 7.38. The summed E-state index contributed by atoms with van der Waals surface area (Å²) in [6.45, 7) is 7.59. The van der Waals surface area contributed by atoms with E-state index in [0.717, 1.165) is 12.0 Å². The van der Waals surface area contributed by atoms with E-state index in [-0.39, 0.29) is 0 Å². The van der Waals surface area contributed by atoms with Gasteiger partial charge in [0.05, 0.1) is 0 Å². The van der Waals surface area contributed by atoms with Gasteiger partial charge in [-0.2, -0.15) is 11.8 Å². The second-order valence-corrected chi connectivity index (χ2v) is 6.94. The van der Waals surface area contributed by atoms with Crippen LogP contribution in [0.1, 0.15) is 39.0 Å². The average molecular weight is 256 g/mol. The van der Waals surface area contributed by atoms with Gasteiger partial charge in [-0.1, -0.05) is 6.92 Å². The fraction of sp³-hybridized carbons (Fsp3) is 1.00. The summed E-state index contributed by atoms with van der Waals surface area (Å²) in [5.74, 6) is 3.69.